The minimum absolute atomic E-state index is 0.0156. The maximum atomic E-state index is 10.4. The van der Waals surface area contributed by atoms with E-state index in [4.69, 9.17) is 0 Å². The highest BCUT2D eigenvalue weighted by Gasteiger charge is 2.21. The molecule has 2 heteroatoms. The van der Waals surface area contributed by atoms with Crippen molar-refractivity contribution in [3.63, 3.8) is 0 Å². The van der Waals surface area contributed by atoms with Crippen LogP contribution in [0.4, 0.5) is 0 Å². The largest absolute Gasteiger partial charge is 0.391 e. The first-order valence-electron chi connectivity index (χ1n) is 7.90. The number of aliphatic hydroxyl groups excluding tert-OH is 1. The fourth-order valence-electron chi connectivity index (χ4n) is 3.02. The molecule has 2 N–H and O–H groups in total. The molecule has 0 radical (unpaired) electrons. The highest BCUT2D eigenvalue weighted by Crippen LogP contribution is 2.19. The Balaban J connectivity index is 1.79. The van der Waals surface area contributed by atoms with Crippen LogP contribution in [-0.2, 0) is 6.42 Å². The summed E-state index contributed by atoms with van der Waals surface area (Å²) < 4.78 is 0. The zero-order valence-electron chi connectivity index (χ0n) is 12.3. The Labute approximate surface area is 122 Å². The van der Waals surface area contributed by atoms with Crippen LogP contribution >= 0.6 is 0 Å². The van der Waals surface area contributed by atoms with Crippen LogP contribution in [0.2, 0.25) is 0 Å². The summed E-state index contributed by atoms with van der Waals surface area (Å²) in [7, 11) is 0. The van der Waals surface area contributed by atoms with Gasteiger partial charge in [0, 0.05) is 6.04 Å². The summed E-state index contributed by atoms with van der Waals surface area (Å²) in [5.74, 6) is 0. The molecule has 1 saturated carbocycles. The SMILES string of the molecule is C=C[C@@H](NC1CCCCC1)[C@@H](O)CCc1ccccc1. The topological polar surface area (TPSA) is 32.3 Å². The molecule has 0 aliphatic heterocycles. The molecule has 20 heavy (non-hydrogen) atoms. The van der Waals surface area contributed by atoms with E-state index in [9.17, 15) is 5.11 Å². The van der Waals surface area contributed by atoms with Gasteiger partial charge < -0.3 is 10.4 Å². The van der Waals surface area contributed by atoms with Crippen molar-refractivity contribution in [2.45, 2.75) is 63.1 Å². The molecule has 0 amide bonds. The summed E-state index contributed by atoms with van der Waals surface area (Å²) in [5, 5.41) is 13.9. The number of aliphatic hydroxyl groups is 1. The van der Waals surface area contributed by atoms with Crippen molar-refractivity contribution in [2.24, 2.45) is 0 Å². The monoisotopic (exact) mass is 273 g/mol. The molecule has 0 heterocycles. The average molecular weight is 273 g/mol. The van der Waals surface area contributed by atoms with Crippen LogP contribution in [0.15, 0.2) is 43.0 Å². The first-order valence-corrected chi connectivity index (χ1v) is 7.90. The fourth-order valence-corrected chi connectivity index (χ4v) is 3.02. The van der Waals surface area contributed by atoms with Gasteiger partial charge >= 0.3 is 0 Å². The lowest BCUT2D eigenvalue weighted by atomic mass is 9.93. The van der Waals surface area contributed by atoms with Crippen LogP contribution in [-0.4, -0.2) is 23.3 Å². The Kier molecular flexibility index (Phi) is 6.28. The molecule has 110 valence electrons. The third kappa shape index (κ3) is 4.77. The Morgan fingerprint density at radius 2 is 1.90 bits per heavy atom. The highest BCUT2D eigenvalue weighted by molar-refractivity contribution is 5.15. The van der Waals surface area contributed by atoms with E-state index in [2.05, 4.69) is 24.0 Å². The lowest BCUT2D eigenvalue weighted by Gasteiger charge is -2.29. The molecule has 0 spiro atoms. The summed E-state index contributed by atoms with van der Waals surface area (Å²) in [6, 6.07) is 10.9. The maximum absolute atomic E-state index is 10.4. The molecule has 1 aromatic carbocycles. The van der Waals surface area contributed by atoms with E-state index in [0.717, 1.165) is 12.8 Å². The van der Waals surface area contributed by atoms with Gasteiger partial charge in [-0.05, 0) is 31.2 Å². The molecular formula is C18H27NO. The van der Waals surface area contributed by atoms with Crippen LogP contribution in [0, 0.1) is 0 Å². The van der Waals surface area contributed by atoms with Gasteiger partial charge in [0.1, 0.15) is 0 Å². The van der Waals surface area contributed by atoms with Crippen LogP contribution in [0.25, 0.3) is 0 Å². The molecule has 2 nitrogen and oxygen atoms in total. The number of aryl methyl sites for hydroxylation is 1. The summed E-state index contributed by atoms with van der Waals surface area (Å²) in [6.45, 7) is 3.88. The van der Waals surface area contributed by atoms with E-state index >= 15 is 0 Å². The second kappa shape index (κ2) is 8.23. The predicted molar refractivity (Wildman–Crippen MR) is 84.8 cm³/mol. The average Bonchev–Trinajstić information content (AvgIpc) is 2.52. The minimum atomic E-state index is -0.352. The van der Waals surface area contributed by atoms with E-state index < -0.39 is 0 Å². The molecule has 0 unspecified atom stereocenters. The summed E-state index contributed by atoms with van der Waals surface area (Å²) in [4.78, 5) is 0. The van der Waals surface area contributed by atoms with Crippen LogP contribution in [0.1, 0.15) is 44.1 Å². The lowest BCUT2D eigenvalue weighted by Crippen LogP contribution is -2.45. The van der Waals surface area contributed by atoms with E-state index in [0.29, 0.717) is 6.04 Å². The van der Waals surface area contributed by atoms with Crippen molar-refractivity contribution < 1.29 is 5.11 Å². The van der Waals surface area contributed by atoms with Crippen LogP contribution < -0.4 is 5.32 Å². The van der Waals surface area contributed by atoms with Crippen molar-refractivity contribution in [1.82, 2.24) is 5.32 Å². The molecule has 0 saturated heterocycles. The normalized spacial score (nSPS) is 19.4. The molecule has 1 aliphatic rings. The lowest BCUT2D eigenvalue weighted by molar-refractivity contribution is 0.127. The van der Waals surface area contributed by atoms with Gasteiger partial charge in [-0.3, -0.25) is 0 Å². The van der Waals surface area contributed by atoms with Crippen molar-refractivity contribution in [2.75, 3.05) is 0 Å². The minimum Gasteiger partial charge on any atom is -0.391 e. The zero-order chi connectivity index (χ0) is 14.2. The molecule has 1 aliphatic carbocycles. The third-order valence-corrected chi connectivity index (χ3v) is 4.27. The number of hydrogen-bond acceptors (Lipinski definition) is 2. The van der Waals surface area contributed by atoms with Crippen LogP contribution in [0.3, 0.4) is 0 Å². The van der Waals surface area contributed by atoms with Gasteiger partial charge in [0.05, 0.1) is 12.1 Å². The van der Waals surface area contributed by atoms with Crippen molar-refractivity contribution >= 4 is 0 Å². The van der Waals surface area contributed by atoms with Crippen molar-refractivity contribution in [1.29, 1.82) is 0 Å². The van der Waals surface area contributed by atoms with Gasteiger partial charge in [-0.2, -0.15) is 0 Å². The smallest absolute Gasteiger partial charge is 0.0732 e. The third-order valence-electron chi connectivity index (χ3n) is 4.27. The molecule has 2 atom stereocenters. The highest BCUT2D eigenvalue weighted by atomic mass is 16.3. The number of hydrogen-bond donors (Lipinski definition) is 2. The Bertz CT molecular complexity index is 384. The quantitative estimate of drug-likeness (QED) is 0.746. The Morgan fingerprint density at radius 3 is 2.55 bits per heavy atom. The Hall–Kier alpha value is -1.12. The standard InChI is InChI=1S/C18H27NO/c1-2-17(19-16-11-7-4-8-12-16)18(20)14-13-15-9-5-3-6-10-15/h2-3,5-6,9-10,16-20H,1,4,7-8,11-14H2/t17-,18+/m1/s1. The van der Waals surface area contributed by atoms with E-state index in [1.807, 2.05) is 24.3 Å². The fraction of sp³-hybridized carbons (Fsp3) is 0.556. The zero-order valence-corrected chi connectivity index (χ0v) is 12.3. The maximum Gasteiger partial charge on any atom is 0.0732 e. The second-order valence-corrected chi connectivity index (χ2v) is 5.85. The predicted octanol–water partition coefficient (Wildman–Crippen LogP) is 3.46. The summed E-state index contributed by atoms with van der Waals surface area (Å²) in [6.07, 6.45) is 9.64. The molecule has 0 bridgehead atoms. The molecule has 2 rings (SSSR count). The summed E-state index contributed by atoms with van der Waals surface area (Å²) in [5.41, 5.74) is 1.28. The first kappa shape index (κ1) is 15.3. The second-order valence-electron chi connectivity index (χ2n) is 5.85. The first-order chi connectivity index (χ1) is 9.79. The molecular weight excluding hydrogens is 246 g/mol. The number of benzene rings is 1. The Morgan fingerprint density at radius 1 is 1.20 bits per heavy atom. The van der Waals surface area contributed by atoms with E-state index in [-0.39, 0.29) is 12.1 Å². The van der Waals surface area contributed by atoms with Gasteiger partial charge in [0.25, 0.3) is 0 Å². The van der Waals surface area contributed by atoms with E-state index in [1.54, 1.807) is 0 Å². The summed E-state index contributed by atoms with van der Waals surface area (Å²) >= 11 is 0. The van der Waals surface area contributed by atoms with Crippen molar-refractivity contribution in [3.8, 4) is 0 Å². The van der Waals surface area contributed by atoms with Gasteiger partial charge in [-0.25, -0.2) is 0 Å². The van der Waals surface area contributed by atoms with Gasteiger partial charge in [-0.1, -0.05) is 55.7 Å². The molecule has 0 aromatic heterocycles. The number of nitrogens with one attached hydrogen (secondary N) is 1. The molecule has 1 aromatic rings. The van der Waals surface area contributed by atoms with Gasteiger partial charge in [-0.15, -0.1) is 6.58 Å². The van der Waals surface area contributed by atoms with Gasteiger partial charge in [0.2, 0.25) is 0 Å². The van der Waals surface area contributed by atoms with E-state index in [1.165, 1.54) is 37.7 Å². The molecule has 1 fully saturated rings. The van der Waals surface area contributed by atoms with Crippen molar-refractivity contribution in [3.05, 3.63) is 48.6 Å². The van der Waals surface area contributed by atoms with Gasteiger partial charge in [0.15, 0.2) is 0 Å². The number of rotatable bonds is 7. The van der Waals surface area contributed by atoms with Crippen LogP contribution in [0.5, 0.6) is 0 Å².